The van der Waals surface area contributed by atoms with Crippen LogP contribution in [0.4, 0.5) is 0 Å². The molecule has 2 rings (SSSR count). The predicted molar refractivity (Wildman–Crippen MR) is 172 cm³/mol. The zero-order valence-electron chi connectivity index (χ0n) is 27.8. The molecule has 0 aromatic heterocycles. The Morgan fingerprint density at radius 2 is 1.22 bits per heavy atom. The number of hydrogen-bond acceptors (Lipinski definition) is 10. The highest BCUT2D eigenvalue weighted by molar-refractivity contribution is 5.90. The van der Waals surface area contributed by atoms with Crippen molar-refractivity contribution in [2.75, 3.05) is 0 Å². The lowest BCUT2D eigenvalue weighted by atomic mass is 9.96. The molecule has 10 nitrogen and oxygen atoms in total. The van der Waals surface area contributed by atoms with Gasteiger partial charge in [0.05, 0.1) is 54.9 Å². The minimum Gasteiger partial charge on any atom is -0.455 e. The van der Waals surface area contributed by atoms with Crippen molar-refractivity contribution in [2.24, 2.45) is 0 Å². The highest BCUT2D eigenvalue weighted by Crippen LogP contribution is 2.29. The van der Waals surface area contributed by atoms with E-state index < -0.39 is 60.9 Å². The van der Waals surface area contributed by atoms with Crippen molar-refractivity contribution in [3.05, 3.63) is 11.6 Å². The smallest absolute Gasteiger partial charge is 0.334 e. The number of unbranched alkanes of at least 4 members (excludes halogenated alkanes) is 9. The van der Waals surface area contributed by atoms with Crippen LogP contribution in [0, 0.1) is 0 Å². The first kappa shape index (κ1) is 40.1. The number of carbonyl (C=O) groups is 1. The third kappa shape index (κ3) is 16.5. The summed E-state index contributed by atoms with van der Waals surface area (Å²) in [5.74, 6) is -0.418. The molecule has 2 heterocycles. The molecule has 264 valence electrons. The quantitative estimate of drug-likeness (QED) is 0.0539. The Balaban J connectivity index is 1.54. The van der Waals surface area contributed by atoms with Gasteiger partial charge in [-0.25, -0.2) is 4.79 Å². The second-order valence-electron chi connectivity index (χ2n) is 13.6. The highest BCUT2D eigenvalue weighted by atomic mass is 16.5. The zero-order valence-corrected chi connectivity index (χ0v) is 27.8. The van der Waals surface area contributed by atoms with Crippen molar-refractivity contribution in [3.8, 4) is 0 Å². The number of cyclic esters (lactones) is 1. The van der Waals surface area contributed by atoms with E-state index in [2.05, 4.69) is 6.92 Å². The molecule has 0 amide bonds. The Morgan fingerprint density at radius 3 is 1.82 bits per heavy atom. The second kappa shape index (κ2) is 22.5. The van der Waals surface area contributed by atoms with E-state index in [0.29, 0.717) is 24.8 Å². The number of hydrogen-bond donors (Lipinski definition) is 7. The maximum absolute atomic E-state index is 11.7. The molecule has 1 saturated heterocycles. The first-order valence-corrected chi connectivity index (χ1v) is 17.8. The van der Waals surface area contributed by atoms with Gasteiger partial charge in [0.15, 0.2) is 0 Å². The SMILES string of the molecule is CCCCCCCCCCCCC(O)C(O)CCC(O)CC(O)CC(O)C1CCC(C(O)CCC(O)CC2=CC(C)OC2=O)O1. The largest absolute Gasteiger partial charge is 0.455 e. The van der Waals surface area contributed by atoms with E-state index in [0.717, 1.165) is 19.3 Å². The predicted octanol–water partition coefficient (Wildman–Crippen LogP) is 3.97. The maximum atomic E-state index is 11.7. The van der Waals surface area contributed by atoms with Gasteiger partial charge in [-0.15, -0.1) is 0 Å². The molecule has 2 aliphatic rings. The molecule has 1 fully saturated rings. The van der Waals surface area contributed by atoms with Crippen molar-refractivity contribution in [3.63, 3.8) is 0 Å². The highest BCUT2D eigenvalue weighted by Gasteiger charge is 2.36. The summed E-state index contributed by atoms with van der Waals surface area (Å²) < 4.78 is 10.9. The van der Waals surface area contributed by atoms with E-state index in [1.165, 1.54) is 44.9 Å². The molecule has 0 bridgehead atoms. The summed E-state index contributed by atoms with van der Waals surface area (Å²) in [5, 5.41) is 72.9. The minimum atomic E-state index is -0.967. The molecule has 0 aromatic rings. The third-order valence-electron chi connectivity index (χ3n) is 9.34. The molecule has 2 aliphatic heterocycles. The number of carbonyl (C=O) groups excluding carboxylic acids is 1. The van der Waals surface area contributed by atoms with Crippen molar-refractivity contribution in [1.29, 1.82) is 0 Å². The van der Waals surface area contributed by atoms with Gasteiger partial charge in [0, 0.05) is 18.4 Å². The molecule has 10 heteroatoms. The summed E-state index contributed by atoms with van der Waals surface area (Å²) in [6, 6.07) is 0. The van der Waals surface area contributed by atoms with Gasteiger partial charge in [-0.3, -0.25) is 0 Å². The maximum Gasteiger partial charge on any atom is 0.334 e. The molecule has 0 saturated carbocycles. The topological polar surface area (TPSA) is 177 Å². The summed E-state index contributed by atoms with van der Waals surface area (Å²) in [7, 11) is 0. The summed E-state index contributed by atoms with van der Waals surface area (Å²) in [6.45, 7) is 3.98. The lowest BCUT2D eigenvalue weighted by molar-refractivity contribution is -0.139. The van der Waals surface area contributed by atoms with Crippen LogP contribution in [0.25, 0.3) is 0 Å². The van der Waals surface area contributed by atoms with Crippen LogP contribution >= 0.6 is 0 Å². The Labute approximate surface area is 270 Å². The van der Waals surface area contributed by atoms with Gasteiger partial charge in [0.25, 0.3) is 0 Å². The van der Waals surface area contributed by atoms with Crippen molar-refractivity contribution in [2.45, 2.75) is 203 Å². The first-order chi connectivity index (χ1) is 21.5. The molecule has 0 aliphatic carbocycles. The van der Waals surface area contributed by atoms with Gasteiger partial charge in [-0.1, -0.05) is 71.1 Å². The van der Waals surface area contributed by atoms with E-state index >= 15 is 0 Å². The van der Waals surface area contributed by atoms with Gasteiger partial charge < -0.3 is 45.2 Å². The van der Waals surface area contributed by atoms with E-state index in [1.54, 1.807) is 13.0 Å². The molecule has 0 spiro atoms. The molecule has 0 radical (unpaired) electrons. The fourth-order valence-corrected chi connectivity index (χ4v) is 6.49. The van der Waals surface area contributed by atoms with Gasteiger partial charge in [-0.05, 0) is 64.4 Å². The van der Waals surface area contributed by atoms with Gasteiger partial charge >= 0.3 is 5.97 Å². The van der Waals surface area contributed by atoms with Gasteiger partial charge in [-0.2, -0.15) is 0 Å². The Kier molecular flexibility index (Phi) is 20.0. The van der Waals surface area contributed by atoms with Crippen LogP contribution < -0.4 is 0 Å². The van der Waals surface area contributed by atoms with E-state index in [9.17, 15) is 40.5 Å². The minimum absolute atomic E-state index is 0.0107. The summed E-state index contributed by atoms with van der Waals surface area (Å²) in [6.07, 6.45) is 9.08. The zero-order chi connectivity index (χ0) is 33.2. The average molecular weight is 645 g/mol. The normalized spacial score (nSPS) is 25.0. The number of esters is 1. The fourth-order valence-electron chi connectivity index (χ4n) is 6.49. The Morgan fingerprint density at radius 1 is 0.667 bits per heavy atom. The molecule has 10 unspecified atom stereocenters. The summed E-state index contributed by atoms with van der Waals surface area (Å²) >= 11 is 0. The first-order valence-electron chi connectivity index (χ1n) is 17.8. The van der Waals surface area contributed by atoms with Crippen LogP contribution in [0.1, 0.15) is 142 Å². The monoisotopic (exact) mass is 644 g/mol. The average Bonchev–Trinajstić information content (AvgIpc) is 3.61. The van der Waals surface area contributed by atoms with Crippen LogP contribution in [0.2, 0.25) is 0 Å². The number of aliphatic hydroxyl groups excluding tert-OH is 7. The summed E-state index contributed by atoms with van der Waals surface area (Å²) in [5.41, 5.74) is 0.446. The lowest BCUT2D eigenvalue weighted by Crippen LogP contribution is -2.34. The van der Waals surface area contributed by atoms with Crippen LogP contribution in [-0.2, 0) is 14.3 Å². The molecular formula is C35H64O10. The molecule has 45 heavy (non-hydrogen) atoms. The second-order valence-corrected chi connectivity index (χ2v) is 13.6. The van der Waals surface area contributed by atoms with Crippen molar-refractivity contribution < 1.29 is 50.0 Å². The van der Waals surface area contributed by atoms with Crippen LogP contribution in [0.15, 0.2) is 11.6 Å². The molecular weight excluding hydrogens is 580 g/mol. The molecule has 10 atom stereocenters. The van der Waals surface area contributed by atoms with Crippen molar-refractivity contribution in [1.82, 2.24) is 0 Å². The van der Waals surface area contributed by atoms with Crippen molar-refractivity contribution >= 4 is 5.97 Å². The van der Waals surface area contributed by atoms with Crippen LogP contribution in [0.3, 0.4) is 0 Å². The van der Waals surface area contributed by atoms with E-state index in [4.69, 9.17) is 9.47 Å². The Bertz CT molecular complexity index is 822. The Hall–Kier alpha value is -1.11. The van der Waals surface area contributed by atoms with Crippen LogP contribution in [-0.4, -0.2) is 103 Å². The van der Waals surface area contributed by atoms with E-state index in [-0.39, 0.29) is 51.0 Å². The lowest BCUT2D eigenvalue weighted by Gasteiger charge is -2.25. The number of aliphatic hydroxyl groups is 7. The van der Waals surface area contributed by atoms with Gasteiger partial charge in [0.2, 0.25) is 0 Å². The van der Waals surface area contributed by atoms with Gasteiger partial charge in [0.1, 0.15) is 6.10 Å². The van der Waals surface area contributed by atoms with Crippen LogP contribution in [0.5, 0.6) is 0 Å². The summed E-state index contributed by atoms with van der Waals surface area (Å²) in [4.78, 5) is 11.7. The number of rotatable bonds is 26. The fraction of sp³-hybridized carbons (Fsp3) is 0.914. The van der Waals surface area contributed by atoms with E-state index in [1.807, 2.05) is 0 Å². The number of ether oxygens (including phenoxy) is 2. The molecule has 7 N–H and O–H groups in total. The standard InChI is InChI=1S/C35H64O10/c1-3-4-5-6-7-8-9-10-11-12-13-29(39)30(40)16-14-27(37)22-28(38)23-32(42)34-19-18-33(45-34)31(41)17-15-26(36)21-25-20-24(2)44-35(25)43/h20,24,26-34,36-42H,3-19,21-23H2,1-2H3. The molecule has 0 aromatic carbocycles. The third-order valence-corrected chi connectivity index (χ3v) is 9.34.